The van der Waals surface area contributed by atoms with E-state index in [4.69, 9.17) is 0 Å². The van der Waals surface area contributed by atoms with Crippen LogP contribution in [0.15, 0.2) is 5.38 Å². The molecule has 1 aromatic rings. The lowest BCUT2D eigenvalue weighted by atomic mass is 9.87. The van der Waals surface area contributed by atoms with E-state index in [2.05, 4.69) is 22.3 Å². The van der Waals surface area contributed by atoms with Crippen LogP contribution in [0.2, 0.25) is 0 Å². The molecule has 0 saturated carbocycles. The van der Waals surface area contributed by atoms with E-state index in [1.165, 1.54) is 0 Å². The lowest BCUT2D eigenvalue weighted by Gasteiger charge is -2.36. The van der Waals surface area contributed by atoms with Crippen LogP contribution in [-0.4, -0.2) is 40.7 Å². The van der Waals surface area contributed by atoms with E-state index in [0.717, 1.165) is 36.6 Å². The molecular weight excluding hydrogens is 208 g/mol. The van der Waals surface area contributed by atoms with Gasteiger partial charge >= 0.3 is 0 Å². The predicted octanol–water partition coefficient (Wildman–Crippen LogP) is 1.45. The molecule has 0 aliphatic carbocycles. The molecule has 0 atom stereocenters. The van der Waals surface area contributed by atoms with Crippen molar-refractivity contribution in [1.82, 2.24) is 9.88 Å². The number of thiazole rings is 1. The van der Waals surface area contributed by atoms with E-state index in [0.29, 0.717) is 6.42 Å². The Kier molecular flexibility index (Phi) is 3.09. The molecule has 0 bridgehead atoms. The van der Waals surface area contributed by atoms with Gasteiger partial charge in [-0.3, -0.25) is 0 Å². The van der Waals surface area contributed by atoms with Gasteiger partial charge in [0.05, 0.1) is 16.3 Å². The van der Waals surface area contributed by atoms with Gasteiger partial charge in [0, 0.05) is 24.9 Å². The molecule has 1 fully saturated rings. The zero-order chi connectivity index (χ0) is 10.9. The van der Waals surface area contributed by atoms with Gasteiger partial charge in [0.25, 0.3) is 0 Å². The molecule has 1 aliphatic heterocycles. The minimum Gasteiger partial charge on any atom is -0.389 e. The van der Waals surface area contributed by atoms with Crippen molar-refractivity contribution in [3.63, 3.8) is 0 Å². The summed E-state index contributed by atoms with van der Waals surface area (Å²) in [4.78, 5) is 6.68. The van der Waals surface area contributed by atoms with Crippen molar-refractivity contribution >= 4 is 11.3 Å². The van der Waals surface area contributed by atoms with E-state index >= 15 is 0 Å². The lowest BCUT2D eigenvalue weighted by Crippen LogP contribution is -2.44. The van der Waals surface area contributed by atoms with Crippen molar-refractivity contribution in [2.45, 2.75) is 31.8 Å². The number of piperidine rings is 1. The first-order valence-corrected chi connectivity index (χ1v) is 6.27. The maximum absolute atomic E-state index is 10.4. The predicted molar refractivity (Wildman–Crippen MR) is 62.2 cm³/mol. The highest BCUT2D eigenvalue weighted by atomic mass is 32.1. The highest BCUT2D eigenvalue weighted by Gasteiger charge is 2.31. The molecule has 2 rings (SSSR count). The summed E-state index contributed by atoms with van der Waals surface area (Å²) in [6.07, 6.45) is 2.44. The molecule has 1 N–H and O–H groups in total. The van der Waals surface area contributed by atoms with Crippen LogP contribution >= 0.6 is 11.3 Å². The third kappa shape index (κ3) is 2.77. The van der Waals surface area contributed by atoms with Crippen molar-refractivity contribution in [3.05, 3.63) is 16.1 Å². The average molecular weight is 226 g/mol. The number of rotatable bonds is 2. The highest BCUT2D eigenvalue weighted by molar-refractivity contribution is 7.09. The Balaban J connectivity index is 1.99. The van der Waals surface area contributed by atoms with E-state index in [-0.39, 0.29) is 0 Å². The molecule has 1 aromatic heterocycles. The summed E-state index contributed by atoms with van der Waals surface area (Å²) in [7, 11) is 2.10. The Morgan fingerprint density at radius 3 is 2.73 bits per heavy atom. The molecular formula is C11H18N2OS. The van der Waals surface area contributed by atoms with Gasteiger partial charge < -0.3 is 10.0 Å². The zero-order valence-electron chi connectivity index (χ0n) is 9.36. The first-order valence-electron chi connectivity index (χ1n) is 5.39. The van der Waals surface area contributed by atoms with Crippen LogP contribution in [0.4, 0.5) is 0 Å². The molecule has 0 amide bonds. The smallest absolute Gasteiger partial charge is 0.0897 e. The summed E-state index contributed by atoms with van der Waals surface area (Å²) in [5.74, 6) is 0. The molecule has 0 spiro atoms. The zero-order valence-corrected chi connectivity index (χ0v) is 10.2. The van der Waals surface area contributed by atoms with Crippen molar-refractivity contribution in [2.24, 2.45) is 0 Å². The van der Waals surface area contributed by atoms with E-state index in [9.17, 15) is 5.11 Å². The third-order valence-corrected chi connectivity index (χ3v) is 3.92. The van der Waals surface area contributed by atoms with Crippen molar-refractivity contribution in [3.8, 4) is 0 Å². The second-order valence-electron chi connectivity index (χ2n) is 4.56. The quantitative estimate of drug-likeness (QED) is 0.829. The van der Waals surface area contributed by atoms with Crippen LogP contribution in [0.25, 0.3) is 0 Å². The van der Waals surface area contributed by atoms with E-state index < -0.39 is 5.60 Å². The topological polar surface area (TPSA) is 36.4 Å². The molecule has 1 saturated heterocycles. The summed E-state index contributed by atoms with van der Waals surface area (Å²) < 4.78 is 0. The monoisotopic (exact) mass is 226 g/mol. The summed E-state index contributed by atoms with van der Waals surface area (Å²) in [5.41, 5.74) is 0.525. The number of aliphatic hydroxyl groups is 1. The molecule has 0 radical (unpaired) electrons. The summed E-state index contributed by atoms with van der Waals surface area (Å²) in [6, 6.07) is 0. The molecule has 1 aliphatic rings. The highest BCUT2D eigenvalue weighted by Crippen LogP contribution is 2.26. The van der Waals surface area contributed by atoms with Crippen LogP contribution in [-0.2, 0) is 6.42 Å². The number of hydrogen-bond donors (Lipinski definition) is 1. The second-order valence-corrected chi connectivity index (χ2v) is 5.62. The van der Waals surface area contributed by atoms with Crippen molar-refractivity contribution < 1.29 is 5.11 Å². The maximum atomic E-state index is 10.4. The lowest BCUT2D eigenvalue weighted by molar-refractivity contribution is -0.0156. The summed E-state index contributed by atoms with van der Waals surface area (Å²) in [5, 5.41) is 13.5. The first kappa shape index (κ1) is 11.0. The van der Waals surface area contributed by atoms with Crippen LogP contribution in [0.5, 0.6) is 0 Å². The Hall–Kier alpha value is -0.450. The maximum Gasteiger partial charge on any atom is 0.0897 e. The molecule has 2 heterocycles. The Bertz CT molecular complexity index is 329. The summed E-state index contributed by atoms with van der Waals surface area (Å²) in [6.45, 7) is 3.98. The molecule has 3 nitrogen and oxygen atoms in total. The molecule has 0 unspecified atom stereocenters. The van der Waals surface area contributed by atoms with Gasteiger partial charge in [-0.25, -0.2) is 4.98 Å². The number of nitrogens with zero attached hydrogens (tertiary/aromatic N) is 2. The van der Waals surface area contributed by atoms with E-state index in [1.54, 1.807) is 11.3 Å². The number of aromatic nitrogens is 1. The number of likely N-dealkylation sites (tertiary alicyclic amines) is 1. The van der Waals surface area contributed by atoms with Crippen LogP contribution in [0.1, 0.15) is 23.5 Å². The van der Waals surface area contributed by atoms with Crippen molar-refractivity contribution in [2.75, 3.05) is 20.1 Å². The standard InChI is InChI=1S/C11H18N2OS/c1-9-12-10(8-15-9)7-11(14)3-5-13(2)6-4-11/h8,14H,3-7H2,1-2H3. The average Bonchev–Trinajstić information content (AvgIpc) is 2.57. The minimum atomic E-state index is -0.521. The van der Waals surface area contributed by atoms with Crippen LogP contribution in [0, 0.1) is 6.92 Å². The van der Waals surface area contributed by atoms with Gasteiger partial charge in [-0.2, -0.15) is 0 Å². The number of hydrogen-bond acceptors (Lipinski definition) is 4. The molecule has 15 heavy (non-hydrogen) atoms. The van der Waals surface area contributed by atoms with Crippen LogP contribution < -0.4 is 0 Å². The SMILES string of the molecule is Cc1nc(CC2(O)CCN(C)CC2)cs1. The Morgan fingerprint density at radius 2 is 2.20 bits per heavy atom. The van der Waals surface area contributed by atoms with Gasteiger partial charge in [0.1, 0.15) is 0 Å². The Morgan fingerprint density at radius 1 is 1.53 bits per heavy atom. The van der Waals surface area contributed by atoms with Gasteiger partial charge in [0.15, 0.2) is 0 Å². The minimum absolute atomic E-state index is 0.521. The van der Waals surface area contributed by atoms with Crippen molar-refractivity contribution in [1.29, 1.82) is 0 Å². The van der Waals surface area contributed by atoms with Gasteiger partial charge in [-0.15, -0.1) is 11.3 Å². The second kappa shape index (κ2) is 4.20. The fraction of sp³-hybridized carbons (Fsp3) is 0.727. The van der Waals surface area contributed by atoms with Gasteiger partial charge in [-0.1, -0.05) is 0 Å². The largest absolute Gasteiger partial charge is 0.389 e. The molecule has 4 heteroatoms. The van der Waals surface area contributed by atoms with E-state index in [1.807, 2.05) is 6.92 Å². The molecule has 84 valence electrons. The first-order chi connectivity index (χ1) is 7.07. The summed E-state index contributed by atoms with van der Waals surface area (Å²) >= 11 is 1.66. The van der Waals surface area contributed by atoms with Gasteiger partial charge in [-0.05, 0) is 26.8 Å². The fourth-order valence-corrected chi connectivity index (χ4v) is 2.65. The molecule has 0 aromatic carbocycles. The van der Waals surface area contributed by atoms with Gasteiger partial charge in [0.2, 0.25) is 0 Å². The third-order valence-electron chi connectivity index (χ3n) is 3.09. The normalized spacial score (nSPS) is 21.8. The fourth-order valence-electron chi connectivity index (χ4n) is 2.04. The Labute approximate surface area is 94.8 Å². The number of aryl methyl sites for hydroxylation is 1. The van der Waals surface area contributed by atoms with Crippen LogP contribution in [0.3, 0.4) is 0 Å².